The Hall–Kier alpha value is -1.15. The molecule has 0 aliphatic heterocycles. The van der Waals surface area contributed by atoms with Gasteiger partial charge in [0.25, 0.3) is 0 Å². The third kappa shape index (κ3) is 3.55. The van der Waals surface area contributed by atoms with E-state index in [1.54, 1.807) is 0 Å². The SMILES string of the molecule is COC(=O)C1CCCC1S(=O)(=O)Nc1ccc(Br)cc1F. The van der Waals surface area contributed by atoms with Crippen LogP contribution in [0.15, 0.2) is 22.7 Å². The number of halogens is 2. The van der Waals surface area contributed by atoms with Gasteiger partial charge in [0.2, 0.25) is 10.0 Å². The first-order chi connectivity index (χ1) is 9.85. The van der Waals surface area contributed by atoms with Crippen LogP contribution < -0.4 is 4.72 Å². The van der Waals surface area contributed by atoms with E-state index in [1.807, 2.05) is 0 Å². The summed E-state index contributed by atoms with van der Waals surface area (Å²) in [5.41, 5.74) is -0.131. The number of esters is 1. The van der Waals surface area contributed by atoms with Gasteiger partial charge < -0.3 is 4.74 Å². The van der Waals surface area contributed by atoms with Gasteiger partial charge in [-0.15, -0.1) is 0 Å². The van der Waals surface area contributed by atoms with E-state index in [1.165, 1.54) is 25.3 Å². The molecule has 116 valence electrons. The van der Waals surface area contributed by atoms with Gasteiger partial charge in [-0.1, -0.05) is 22.4 Å². The first kappa shape index (κ1) is 16.2. The van der Waals surface area contributed by atoms with Gasteiger partial charge in [-0.3, -0.25) is 9.52 Å². The van der Waals surface area contributed by atoms with Gasteiger partial charge in [0.05, 0.1) is 24.0 Å². The fourth-order valence-corrected chi connectivity index (χ4v) is 4.63. The number of rotatable bonds is 4. The Bertz CT molecular complexity index is 650. The minimum atomic E-state index is -3.86. The van der Waals surface area contributed by atoms with Crippen molar-refractivity contribution in [3.63, 3.8) is 0 Å². The van der Waals surface area contributed by atoms with Crippen molar-refractivity contribution in [2.45, 2.75) is 24.5 Å². The number of benzene rings is 1. The summed E-state index contributed by atoms with van der Waals surface area (Å²) in [6.07, 6.45) is 1.43. The normalized spacial score (nSPS) is 22.0. The van der Waals surface area contributed by atoms with Crippen LogP contribution in [0.5, 0.6) is 0 Å². The van der Waals surface area contributed by atoms with Crippen molar-refractivity contribution in [3.05, 3.63) is 28.5 Å². The zero-order valence-corrected chi connectivity index (χ0v) is 13.7. The Morgan fingerprint density at radius 2 is 2.14 bits per heavy atom. The lowest BCUT2D eigenvalue weighted by atomic mass is 10.1. The maximum absolute atomic E-state index is 13.7. The molecule has 1 aliphatic rings. The summed E-state index contributed by atoms with van der Waals surface area (Å²) in [5.74, 6) is -1.93. The van der Waals surface area contributed by atoms with Gasteiger partial charge in [-0.05, 0) is 31.0 Å². The Morgan fingerprint density at radius 3 is 2.76 bits per heavy atom. The molecule has 2 atom stereocenters. The number of ether oxygens (including phenoxy) is 1. The Labute approximate surface area is 131 Å². The van der Waals surface area contributed by atoms with Gasteiger partial charge in [-0.25, -0.2) is 12.8 Å². The van der Waals surface area contributed by atoms with Crippen molar-refractivity contribution in [2.24, 2.45) is 5.92 Å². The van der Waals surface area contributed by atoms with Gasteiger partial charge >= 0.3 is 5.97 Å². The minimum absolute atomic E-state index is 0.131. The molecule has 1 aromatic carbocycles. The first-order valence-electron chi connectivity index (χ1n) is 6.39. The summed E-state index contributed by atoms with van der Waals surface area (Å²) in [5, 5.41) is -0.895. The number of nitrogens with one attached hydrogen (secondary N) is 1. The van der Waals surface area contributed by atoms with Crippen molar-refractivity contribution in [1.82, 2.24) is 0 Å². The van der Waals surface area contributed by atoms with Crippen LogP contribution in [0, 0.1) is 11.7 Å². The van der Waals surface area contributed by atoms with E-state index in [9.17, 15) is 17.6 Å². The van der Waals surface area contributed by atoms with Crippen LogP contribution in [-0.2, 0) is 19.6 Å². The fraction of sp³-hybridized carbons (Fsp3) is 0.462. The lowest BCUT2D eigenvalue weighted by Gasteiger charge is -2.19. The molecule has 1 aromatic rings. The van der Waals surface area contributed by atoms with E-state index in [4.69, 9.17) is 0 Å². The van der Waals surface area contributed by atoms with Crippen LogP contribution in [0.2, 0.25) is 0 Å². The smallest absolute Gasteiger partial charge is 0.310 e. The predicted octanol–water partition coefficient (Wildman–Crippen LogP) is 2.67. The first-order valence-corrected chi connectivity index (χ1v) is 8.73. The molecule has 5 nitrogen and oxygen atoms in total. The summed E-state index contributed by atoms with van der Waals surface area (Å²) < 4.78 is 45.9. The Balaban J connectivity index is 2.23. The molecule has 8 heteroatoms. The third-order valence-corrected chi connectivity index (χ3v) is 5.90. The molecule has 0 radical (unpaired) electrons. The zero-order valence-electron chi connectivity index (χ0n) is 11.3. The largest absolute Gasteiger partial charge is 0.469 e. The molecule has 1 fully saturated rings. The van der Waals surface area contributed by atoms with Crippen LogP contribution in [0.3, 0.4) is 0 Å². The highest BCUT2D eigenvalue weighted by Gasteiger charge is 2.42. The second kappa shape index (κ2) is 6.31. The number of methoxy groups -OCH3 is 1. The molecule has 0 aromatic heterocycles. The summed E-state index contributed by atoms with van der Waals surface area (Å²) in [6, 6.07) is 4.04. The van der Waals surface area contributed by atoms with Gasteiger partial charge in [0, 0.05) is 4.47 Å². The quantitative estimate of drug-likeness (QED) is 0.816. The zero-order chi connectivity index (χ0) is 15.6. The summed E-state index contributed by atoms with van der Waals surface area (Å²) in [6.45, 7) is 0. The molecule has 0 bridgehead atoms. The second-order valence-corrected chi connectivity index (χ2v) is 7.69. The van der Waals surface area contributed by atoms with Crippen LogP contribution >= 0.6 is 15.9 Å². The third-order valence-electron chi connectivity index (χ3n) is 3.54. The van der Waals surface area contributed by atoms with Crippen molar-refractivity contribution in [2.75, 3.05) is 11.8 Å². The predicted molar refractivity (Wildman–Crippen MR) is 79.8 cm³/mol. The van der Waals surface area contributed by atoms with Crippen LogP contribution in [0.4, 0.5) is 10.1 Å². The highest BCUT2D eigenvalue weighted by atomic mass is 79.9. The van der Waals surface area contributed by atoms with Crippen molar-refractivity contribution in [3.8, 4) is 0 Å². The van der Waals surface area contributed by atoms with Crippen LogP contribution in [0.25, 0.3) is 0 Å². The maximum atomic E-state index is 13.7. The molecule has 1 N–H and O–H groups in total. The van der Waals surface area contributed by atoms with Crippen molar-refractivity contribution in [1.29, 1.82) is 0 Å². The average Bonchev–Trinajstić information content (AvgIpc) is 2.91. The molecular weight excluding hydrogens is 365 g/mol. The monoisotopic (exact) mass is 379 g/mol. The lowest BCUT2D eigenvalue weighted by Crippen LogP contribution is -2.35. The molecule has 0 heterocycles. The molecular formula is C13H15BrFNO4S. The van der Waals surface area contributed by atoms with Crippen LogP contribution in [-0.4, -0.2) is 26.7 Å². The highest BCUT2D eigenvalue weighted by Crippen LogP contribution is 2.33. The number of sulfonamides is 1. The van der Waals surface area contributed by atoms with Crippen molar-refractivity contribution < 1.29 is 22.3 Å². The molecule has 1 aliphatic carbocycles. The van der Waals surface area contributed by atoms with E-state index in [0.29, 0.717) is 23.7 Å². The number of carbonyl (C=O) groups is 1. The van der Waals surface area contributed by atoms with Crippen LogP contribution in [0.1, 0.15) is 19.3 Å². The lowest BCUT2D eigenvalue weighted by molar-refractivity contribution is -0.145. The Morgan fingerprint density at radius 1 is 1.43 bits per heavy atom. The maximum Gasteiger partial charge on any atom is 0.310 e. The summed E-state index contributed by atoms with van der Waals surface area (Å²) in [7, 11) is -2.63. The molecule has 2 rings (SSSR count). The topological polar surface area (TPSA) is 72.5 Å². The number of hydrogen-bond acceptors (Lipinski definition) is 4. The minimum Gasteiger partial charge on any atom is -0.469 e. The molecule has 0 amide bonds. The molecule has 2 unspecified atom stereocenters. The second-order valence-electron chi connectivity index (χ2n) is 4.87. The van der Waals surface area contributed by atoms with E-state index in [2.05, 4.69) is 25.4 Å². The van der Waals surface area contributed by atoms with E-state index < -0.39 is 33.0 Å². The Kier molecular flexibility index (Phi) is 4.88. The molecule has 0 spiro atoms. The summed E-state index contributed by atoms with van der Waals surface area (Å²) >= 11 is 3.10. The number of carbonyl (C=O) groups excluding carboxylic acids is 1. The molecule has 0 saturated heterocycles. The fourth-order valence-electron chi connectivity index (χ4n) is 2.52. The standard InChI is InChI=1S/C13H15BrFNO4S/c1-20-13(17)9-3-2-4-12(9)21(18,19)16-11-6-5-8(14)7-10(11)15/h5-7,9,12,16H,2-4H2,1H3. The van der Waals surface area contributed by atoms with E-state index in [-0.39, 0.29) is 5.69 Å². The van der Waals surface area contributed by atoms with Gasteiger partial charge in [-0.2, -0.15) is 0 Å². The van der Waals surface area contributed by atoms with E-state index >= 15 is 0 Å². The number of hydrogen-bond donors (Lipinski definition) is 1. The van der Waals surface area contributed by atoms with Gasteiger partial charge in [0.15, 0.2) is 0 Å². The molecule has 21 heavy (non-hydrogen) atoms. The number of anilines is 1. The van der Waals surface area contributed by atoms with E-state index in [0.717, 1.165) is 0 Å². The molecule has 1 saturated carbocycles. The summed E-state index contributed by atoms with van der Waals surface area (Å²) in [4.78, 5) is 11.6. The average molecular weight is 380 g/mol. The van der Waals surface area contributed by atoms with Crippen molar-refractivity contribution >= 4 is 37.6 Å². The highest BCUT2D eigenvalue weighted by molar-refractivity contribution is 9.10. The van der Waals surface area contributed by atoms with Gasteiger partial charge in [0.1, 0.15) is 5.82 Å².